The Morgan fingerprint density at radius 1 is 1.10 bits per heavy atom. The summed E-state index contributed by atoms with van der Waals surface area (Å²) in [6.45, 7) is 6.53. The van der Waals surface area contributed by atoms with Gasteiger partial charge in [-0.3, -0.25) is 0 Å². The van der Waals surface area contributed by atoms with Crippen LogP contribution in [0.1, 0.15) is 12.0 Å². The highest BCUT2D eigenvalue weighted by atomic mass is 19.1. The summed E-state index contributed by atoms with van der Waals surface area (Å²) in [4.78, 5) is 4.76. The summed E-state index contributed by atoms with van der Waals surface area (Å²) < 4.78 is 26.8. The molecule has 5 heteroatoms. The first-order chi connectivity index (χ1) is 9.66. The van der Waals surface area contributed by atoms with Crippen molar-refractivity contribution in [3.63, 3.8) is 0 Å². The standard InChI is InChI=1S/C15H23F2N3/c1-19-8-10-20(11-9-19)7-3-6-18-12-13-14(16)4-2-5-15(13)17/h2,4-5,18H,3,6-12H2,1H3. The molecule has 0 aromatic heterocycles. The van der Waals surface area contributed by atoms with E-state index in [4.69, 9.17) is 0 Å². The Morgan fingerprint density at radius 2 is 1.75 bits per heavy atom. The van der Waals surface area contributed by atoms with E-state index in [0.717, 1.165) is 45.7 Å². The van der Waals surface area contributed by atoms with Crippen molar-refractivity contribution in [3.8, 4) is 0 Å². The van der Waals surface area contributed by atoms with E-state index in [2.05, 4.69) is 22.2 Å². The Hall–Kier alpha value is -1.04. The highest BCUT2D eigenvalue weighted by Crippen LogP contribution is 2.11. The van der Waals surface area contributed by atoms with Crippen LogP contribution in [0.15, 0.2) is 18.2 Å². The largest absolute Gasteiger partial charge is 0.312 e. The van der Waals surface area contributed by atoms with Crippen LogP contribution in [0.3, 0.4) is 0 Å². The predicted octanol–water partition coefficient (Wildman–Crippen LogP) is 1.69. The average Bonchev–Trinajstić information content (AvgIpc) is 2.43. The van der Waals surface area contributed by atoms with Gasteiger partial charge in [0.15, 0.2) is 0 Å². The number of hydrogen-bond acceptors (Lipinski definition) is 3. The number of nitrogens with zero attached hydrogens (tertiary/aromatic N) is 2. The van der Waals surface area contributed by atoms with Gasteiger partial charge < -0.3 is 15.1 Å². The normalized spacial score (nSPS) is 17.6. The maximum atomic E-state index is 13.4. The van der Waals surface area contributed by atoms with Gasteiger partial charge in [0.05, 0.1) is 0 Å². The molecule has 0 unspecified atom stereocenters. The van der Waals surface area contributed by atoms with E-state index in [-0.39, 0.29) is 12.1 Å². The van der Waals surface area contributed by atoms with E-state index in [0.29, 0.717) is 0 Å². The molecule has 112 valence electrons. The second kappa shape index (κ2) is 7.67. The van der Waals surface area contributed by atoms with Gasteiger partial charge in [-0.25, -0.2) is 8.78 Å². The number of benzene rings is 1. The molecule has 0 aliphatic carbocycles. The summed E-state index contributed by atoms with van der Waals surface area (Å²) in [6.07, 6.45) is 1.000. The predicted molar refractivity (Wildman–Crippen MR) is 76.6 cm³/mol. The van der Waals surface area contributed by atoms with Crippen LogP contribution in [-0.4, -0.2) is 56.1 Å². The van der Waals surface area contributed by atoms with Crippen LogP contribution in [-0.2, 0) is 6.54 Å². The Kier molecular flexibility index (Phi) is 5.88. The molecule has 0 bridgehead atoms. The first-order valence-corrected chi connectivity index (χ1v) is 7.21. The molecular weight excluding hydrogens is 260 g/mol. The highest BCUT2D eigenvalue weighted by molar-refractivity contribution is 5.19. The Labute approximate surface area is 119 Å². The lowest BCUT2D eigenvalue weighted by Crippen LogP contribution is -2.45. The molecule has 3 nitrogen and oxygen atoms in total. The van der Waals surface area contributed by atoms with E-state index in [9.17, 15) is 8.78 Å². The molecule has 1 heterocycles. The third-order valence-electron chi connectivity index (χ3n) is 3.79. The summed E-state index contributed by atoms with van der Waals surface area (Å²) in [6, 6.07) is 3.98. The minimum Gasteiger partial charge on any atom is -0.312 e. The zero-order valence-electron chi connectivity index (χ0n) is 12.0. The van der Waals surface area contributed by atoms with Crippen molar-refractivity contribution >= 4 is 0 Å². The Morgan fingerprint density at radius 3 is 2.40 bits per heavy atom. The summed E-state index contributed by atoms with van der Waals surface area (Å²) in [5, 5.41) is 3.11. The summed E-state index contributed by atoms with van der Waals surface area (Å²) >= 11 is 0. The first-order valence-electron chi connectivity index (χ1n) is 7.21. The van der Waals surface area contributed by atoms with Crippen molar-refractivity contribution in [2.45, 2.75) is 13.0 Å². The molecule has 1 aliphatic heterocycles. The van der Waals surface area contributed by atoms with E-state index in [1.807, 2.05) is 0 Å². The fourth-order valence-corrected chi connectivity index (χ4v) is 2.41. The summed E-state index contributed by atoms with van der Waals surface area (Å²) in [5.74, 6) is -0.951. The van der Waals surface area contributed by atoms with E-state index in [1.54, 1.807) is 0 Å². The van der Waals surface area contributed by atoms with Gasteiger partial charge in [-0.2, -0.15) is 0 Å². The molecule has 1 fully saturated rings. The lowest BCUT2D eigenvalue weighted by atomic mass is 10.2. The molecule has 0 saturated carbocycles. The van der Waals surface area contributed by atoms with Crippen molar-refractivity contribution in [2.75, 3.05) is 46.3 Å². The average molecular weight is 283 g/mol. The van der Waals surface area contributed by atoms with Crippen LogP contribution in [0.25, 0.3) is 0 Å². The lowest BCUT2D eigenvalue weighted by molar-refractivity contribution is 0.152. The van der Waals surface area contributed by atoms with E-state index in [1.165, 1.54) is 18.2 Å². The smallest absolute Gasteiger partial charge is 0.130 e. The van der Waals surface area contributed by atoms with Gasteiger partial charge in [0, 0.05) is 38.3 Å². The molecule has 0 atom stereocenters. The number of rotatable bonds is 6. The molecule has 1 N–H and O–H groups in total. The molecule has 0 radical (unpaired) electrons. The molecule has 0 amide bonds. The molecule has 1 saturated heterocycles. The summed E-state index contributed by atoms with van der Waals surface area (Å²) in [5.41, 5.74) is 0.132. The Bertz CT molecular complexity index is 397. The molecule has 20 heavy (non-hydrogen) atoms. The lowest BCUT2D eigenvalue weighted by Gasteiger charge is -2.32. The third kappa shape index (κ3) is 4.51. The SMILES string of the molecule is CN1CCN(CCCNCc2c(F)cccc2F)CC1. The number of halogens is 2. The zero-order valence-corrected chi connectivity index (χ0v) is 12.0. The number of likely N-dealkylation sites (N-methyl/N-ethyl adjacent to an activating group) is 1. The summed E-state index contributed by atoms with van der Waals surface area (Å²) in [7, 11) is 2.14. The number of hydrogen-bond donors (Lipinski definition) is 1. The van der Waals surface area contributed by atoms with Crippen LogP contribution in [0.5, 0.6) is 0 Å². The third-order valence-corrected chi connectivity index (χ3v) is 3.79. The minimum absolute atomic E-state index is 0.132. The fraction of sp³-hybridized carbons (Fsp3) is 0.600. The van der Waals surface area contributed by atoms with Crippen molar-refractivity contribution in [3.05, 3.63) is 35.4 Å². The van der Waals surface area contributed by atoms with Gasteiger partial charge in [-0.05, 0) is 38.7 Å². The van der Waals surface area contributed by atoms with Gasteiger partial charge in [0.25, 0.3) is 0 Å². The maximum Gasteiger partial charge on any atom is 0.130 e. The molecular formula is C15H23F2N3. The minimum atomic E-state index is -0.475. The molecule has 1 aromatic carbocycles. The van der Waals surface area contributed by atoms with Crippen molar-refractivity contribution in [1.82, 2.24) is 15.1 Å². The molecule has 0 spiro atoms. The van der Waals surface area contributed by atoms with E-state index >= 15 is 0 Å². The number of piperazine rings is 1. The molecule has 2 rings (SSSR count). The Balaban J connectivity index is 1.62. The van der Waals surface area contributed by atoms with Crippen LogP contribution in [0.2, 0.25) is 0 Å². The van der Waals surface area contributed by atoms with Crippen LogP contribution >= 0.6 is 0 Å². The molecule has 1 aromatic rings. The fourth-order valence-electron chi connectivity index (χ4n) is 2.41. The van der Waals surface area contributed by atoms with Crippen molar-refractivity contribution in [1.29, 1.82) is 0 Å². The van der Waals surface area contributed by atoms with Crippen molar-refractivity contribution < 1.29 is 8.78 Å². The van der Waals surface area contributed by atoms with Crippen LogP contribution < -0.4 is 5.32 Å². The van der Waals surface area contributed by atoms with Gasteiger partial charge in [0.2, 0.25) is 0 Å². The maximum absolute atomic E-state index is 13.4. The quantitative estimate of drug-likeness (QED) is 0.802. The highest BCUT2D eigenvalue weighted by Gasteiger charge is 2.12. The van der Waals surface area contributed by atoms with Crippen molar-refractivity contribution in [2.24, 2.45) is 0 Å². The van der Waals surface area contributed by atoms with Crippen LogP contribution in [0, 0.1) is 11.6 Å². The molecule has 1 aliphatic rings. The van der Waals surface area contributed by atoms with Gasteiger partial charge in [0.1, 0.15) is 11.6 Å². The zero-order chi connectivity index (χ0) is 14.4. The second-order valence-corrected chi connectivity index (χ2v) is 5.38. The van der Waals surface area contributed by atoms with E-state index < -0.39 is 11.6 Å². The first kappa shape index (κ1) is 15.4. The second-order valence-electron chi connectivity index (χ2n) is 5.38. The van der Waals surface area contributed by atoms with Gasteiger partial charge >= 0.3 is 0 Å². The topological polar surface area (TPSA) is 18.5 Å². The van der Waals surface area contributed by atoms with Gasteiger partial charge in [-0.15, -0.1) is 0 Å². The number of nitrogens with one attached hydrogen (secondary N) is 1. The van der Waals surface area contributed by atoms with Crippen LogP contribution in [0.4, 0.5) is 8.78 Å². The van der Waals surface area contributed by atoms with Gasteiger partial charge in [-0.1, -0.05) is 6.07 Å². The monoisotopic (exact) mass is 283 g/mol.